The van der Waals surface area contributed by atoms with Crippen molar-refractivity contribution in [1.82, 2.24) is 0 Å². The van der Waals surface area contributed by atoms with E-state index < -0.39 is 0 Å². The van der Waals surface area contributed by atoms with Crippen molar-refractivity contribution in [2.45, 2.75) is 58.3 Å². The minimum absolute atomic E-state index is 0.811. The lowest BCUT2D eigenvalue weighted by Gasteiger charge is -2.14. The van der Waals surface area contributed by atoms with E-state index in [4.69, 9.17) is 0 Å². The summed E-state index contributed by atoms with van der Waals surface area (Å²) in [6.07, 6.45) is 12.0. The van der Waals surface area contributed by atoms with Crippen LogP contribution in [-0.2, 0) is 0 Å². The Balaban J connectivity index is 1.84. The highest BCUT2D eigenvalue weighted by Crippen LogP contribution is 2.61. The van der Waals surface area contributed by atoms with Crippen molar-refractivity contribution in [2.75, 3.05) is 5.33 Å². The Labute approximate surface area is 97.0 Å². The zero-order valence-corrected chi connectivity index (χ0v) is 11.0. The van der Waals surface area contributed by atoms with Gasteiger partial charge in [-0.05, 0) is 42.9 Å². The van der Waals surface area contributed by atoms with Crippen LogP contribution in [-0.4, -0.2) is 5.33 Å². The van der Waals surface area contributed by atoms with Crippen LogP contribution in [0, 0.1) is 17.3 Å². The molecule has 0 aromatic rings. The highest BCUT2D eigenvalue weighted by molar-refractivity contribution is 9.09. The molecule has 0 aromatic carbocycles. The van der Waals surface area contributed by atoms with Crippen molar-refractivity contribution in [1.29, 1.82) is 0 Å². The van der Waals surface area contributed by atoms with E-state index in [1.807, 2.05) is 0 Å². The summed E-state index contributed by atoms with van der Waals surface area (Å²) in [5.74, 6) is 2.10. The normalized spacial score (nSPS) is 42.4. The van der Waals surface area contributed by atoms with Gasteiger partial charge < -0.3 is 0 Å². The molecule has 0 N–H and O–H groups in total. The Morgan fingerprint density at radius 3 is 2.79 bits per heavy atom. The summed E-state index contributed by atoms with van der Waals surface area (Å²) in [4.78, 5) is 0. The van der Waals surface area contributed by atoms with Gasteiger partial charge in [-0.2, -0.15) is 0 Å². The van der Waals surface area contributed by atoms with Gasteiger partial charge in [-0.25, -0.2) is 0 Å². The first-order chi connectivity index (χ1) is 6.80. The summed E-state index contributed by atoms with van der Waals surface area (Å²) >= 11 is 3.66. The molecule has 2 saturated carbocycles. The molecule has 2 rings (SSSR count). The van der Waals surface area contributed by atoms with Gasteiger partial charge in [-0.15, -0.1) is 0 Å². The Bertz CT molecular complexity index is 190. The Kier molecular flexibility index (Phi) is 3.57. The average Bonchev–Trinajstić information content (AvgIpc) is 2.92. The molecular formula is C13H23Br. The molecule has 1 heteroatoms. The smallest absolute Gasteiger partial charge is 0.00651 e. The molecule has 14 heavy (non-hydrogen) atoms. The van der Waals surface area contributed by atoms with Gasteiger partial charge in [-0.1, -0.05) is 48.5 Å². The molecule has 82 valence electrons. The van der Waals surface area contributed by atoms with Crippen molar-refractivity contribution in [2.24, 2.45) is 17.3 Å². The molecule has 0 bridgehead atoms. The van der Waals surface area contributed by atoms with Crippen molar-refractivity contribution in [3.05, 3.63) is 0 Å². The summed E-state index contributed by atoms with van der Waals surface area (Å²) in [5.41, 5.74) is 0.811. The second kappa shape index (κ2) is 4.55. The number of hydrogen-bond acceptors (Lipinski definition) is 0. The van der Waals surface area contributed by atoms with Gasteiger partial charge in [0.2, 0.25) is 0 Å². The lowest BCUT2D eigenvalue weighted by atomic mass is 9.92. The summed E-state index contributed by atoms with van der Waals surface area (Å²) < 4.78 is 0. The van der Waals surface area contributed by atoms with Crippen LogP contribution in [0.5, 0.6) is 0 Å². The molecule has 0 aliphatic heterocycles. The van der Waals surface area contributed by atoms with Gasteiger partial charge >= 0.3 is 0 Å². The topological polar surface area (TPSA) is 0 Å². The van der Waals surface area contributed by atoms with Crippen LogP contribution in [0.15, 0.2) is 0 Å². The highest BCUT2D eigenvalue weighted by Gasteiger charge is 2.52. The predicted molar refractivity (Wildman–Crippen MR) is 65.8 cm³/mol. The van der Waals surface area contributed by atoms with E-state index in [0.29, 0.717) is 0 Å². The predicted octanol–water partition coefficient (Wildman–Crippen LogP) is 4.77. The maximum Gasteiger partial charge on any atom is 0.00651 e. The largest absolute Gasteiger partial charge is 0.0925 e. The van der Waals surface area contributed by atoms with Gasteiger partial charge in [0.25, 0.3) is 0 Å². The molecule has 3 unspecified atom stereocenters. The zero-order chi connectivity index (χ0) is 10.0. The van der Waals surface area contributed by atoms with Crippen LogP contribution in [0.3, 0.4) is 0 Å². The van der Waals surface area contributed by atoms with E-state index in [-0.39, 0.29) is 0 Å². The van der Waals surface area contributed by atoms with Gasteiger partial charge in [-0.3, -0.25) is 0 Å². The van der Waals surface area contributed by atoms with Gasteiger partial charge in [0.05, 0.1) is 0 Å². The van der Waals surface area contributed by atoms with Crippen LogP contribution in [0.4, 0.5) is 0 Å². The maximum atomic E-state index is 3.66. The lowest BCUT2D eigenvalue weighted by Crippen LogP contribution is -2.04. The van der Waals surface area contributed by atoms with Crippen LogP contribution >= 0.6 is 15.9 Å². The van der Waals surface area contributed by atoms with E-state index in [1.165, 1.54) is 56.7 Å². The molecule has 0 saturated heterocycles. The maximum absolute atomic E-state index is 3.66. The third kappa shape index (κ3) is 2.18. The van der Waals surface area contributed by atoms with Crippen molar-refractivity contribution >= 4 is 15.9 Å². The Hall–Kier alpha value is 0.480. The molecule has 0 amide bonds. The molecule has 2 aliphatic rings. The fourth-order valence-electron chi connectivity index (χ4n) is 3.46. The minimum atomic E-state index is 0.811. The third-order valence-corrected chi connectivity index (χ3v) is 5.36. The quantitative estimate of drug-likeness (QED) is 0.640. The van der Waals surface area contributed by atoms with Crippen molar-refractivity contribution < 1.29 is 0 Å². The first-order valence-electron chi connectivity index (χ1n) is 6.36. The third-order valence-electron chi connectivity index (χ3n) is 4.58. The lowest BCUT2D eigenvalue weighted by molar-refractivity contribution is 0.381. The molecule has 2 fully saturated rings. The van der Waals surface area contributed by atoms with E-state index >= 15 is 0 Å². The van der Waals surface area contributed by atoms with E-state index in [1.54, 1.807) is 0 Å². The number of hydrogen-bond donors (Lipinski definition) is 0. The molecule has 1 spiro atoms. The molecule has 3 atom stereocenters. The Morgan fingerprint density at radius 1 is 1.29 bits per heavy atom. The van der Waals surface area contributed by atoms with Crippen LogP contribution in [0.2, 0.25) is 0 Å². The van der Waals surface area contributed by atoms with E-state index in [9.17, 15) is 0 Å². The van der Waals surface area contributed by atoms with E-state index in [2.05, 4.69) is 22.9 Å². The average molecular weight is 259 g/mol. The van der Waals surface area contributed by atoms with Crippen LogP contribution < -0.4 is 0 Å². The van der Waals surface area contributed by atoms with Gasteiger partial charge in [0, 0.05) is 5.33 Å². The number of rotatable bonds is 3. The SMILES string of the molecule is CCCC1CCCC2(CC1)CC2CBr. The fourth-order valence-corrected chi connectivity index (χ4v) is 4.38. The van der Waals surface area contributed by atoms with Gasteiger partial charge in [0.1, 0.15) is 0 Å². The second-order valence-corrected chi connectivity index (χ2v) is 6.15. The monoisotopic (exact) mass is 258 g/mol. The van der Waals surface area contributed by atoms with Crippen molar-refractivity contribution in [3.63, 3.8) is 0 Å². The highest BCUT2D eigenvalue weighted by atomic mass is 79.9. The molecule has 0 heterocycles. The van der Waals surface area contributed by atoms with Crippen molar-refractivity contribution in [3.8, 4) is 0 Å². The molecular weight excluding hydrogens is 236 g/mol. The van der Waals surface area contributed by atoms with Gasteiger partial charge in [0.15, 0.2) is 0 Å². The first kappa shape index (κ1) is 11.0. The summed E-state index contributed by atoms with van der Waals surface area (Å²) in [5, 5.41) is 1.26. The summed E-state index contributed by atoms with van der Waals surface area (Å²) in [7, 11) is 0. The zero-order valence-electron chi connectivity index (χ0n) is 9.40. The molecule has 0 aromatic heterocycles. The van der Waals surface area contributed by atoms with E-state index in [0.717, 1.165) is 17.3 Å². The summed E-state index contributed by atoms with van der Waals surface area (Å²) in [6.45, 7) is 2.33. The first-order valence-corrected chi connectivity index (χ1v) is 7.49. The fraction of sp³-hybridized carbons (Fsp3) is 1.00. The number of alkyl halides is 1. The Morgan fingerprint density at radius 2 is 2.14 bits per heavy atom. The van der Waals surface area contributed by atoms with Crippen LogP contribution in [0.1, 0.15) is 58.3 Å². The minimum Gasteiger partial charge on any atom is -0.0925 e. The molecule has 0 nitrogen and oxygen atoms in total. The molecule has 0 radical (unpaired) electrons. The van der Waals surface area contributed by atoms with Crippen LogP contribution in [0.25, 0.3) is 0 Å². The molecule has 2 aliphatic carbocycles. The summed E-state index contributed by atoms with van der Waals surface area (Å²) in [6, 6.07) is 0. The standard InChI is InChI=1S/C13H23Br/c1-2-4-11-5-3-7-13(8-6-11)9-12(13)10-14/h11-12H,2-10H2,1H3. The number of halogens is 1. The second-order valence-electron chi connectivity index (χ2n) is 5.50.